The highest BCUT2D eigenvalue weighted by Crippen LogP contribution is 2.39. The molecule has 0 unspecified atom stereocenters. The zero-order chi connectivity index (χ0) is 18.9. The fraction of sp³-hybridized carbons (Fsp3) is 0.250. The van der Waals surface area contributed by atoms with Gasteiger partial charge in [0.05, 0.1) is 17.4 Å². The summed E-state index contributed by atoms with van der Waals surface area (Å²) in [4.78, 5) is 34.3. The predicted octanol–water partition coefficient (Wildman–Crippen LogP) is 2.95. The lowest BCUT2D eigenvalue weighted by Gasteiger charge is -2.45. The van der Waals surface area contributed by atoms with Crippen LogP contribution in [0.25, 0.3) is 11.3 Å². The number of amides is 2. The molecule has 3 aromatic heterocycles. The van der Waals surface area contributed by atoms with Gasteiger partial charge in [-0.05, 0) is 43.2 Å². The number of urea groups is 1. The van der Waals surface area contributed by atoms with Gasteiger partial charge >= 0.3 is 6.03 Å². The Morgan fingerprint density at radius 3 is 2.93 bits per heavy atom. The van der Waals surface area contributed by atoms with E-state index in [2.05, 4.69) is 31.2 Å². The summed E-state index contributed by atoms with van der Waals surface area (Å²) >= 11 is 0. The van der Waals surface area contributed by atoms with Crippen molar-refractivity contribution in [2.45, 2.75) is 18.9 Å². The van der Waals surface area contributed by atoms with Crippen molar-refractivity contribution >= 4 is 23.4 Å². The highest BCUT2D eigenvalue weighted by molar-refractivity contribution is 6.04. The molecule has 0 radical (unpaired) electrons. The summed E-state index contributed by atoms with van der Waals surface area (Å²) in [5.41, 5.74) is 2.71. The number of hydrogen-bond donors (Lipinski definition) is 1. The quantitative estimate of drug-likeness (QED) is 0.743. The van der Waals surface area contributed by atoms with Gasteiger partial charge < -0.3 is 4.90 Å². The van der Waals surface area contributed by atoms with Gasteiger partial charge in [-0.2, -0.15) is 0 Å². The van der Waals surface area contributed by atoms with Crippen molar-refractivity contribution in [2.75, 3.05) is 28.2 Å². The second kappa shape index (κ2) is 6.88. The van der Waals surface area contributed by atoms with Crippen LogP contribution in [0.1, 0.15) is 12.8 Å². The monoisotopic (exact) mass is 373 g/mol. The number of carbonyl (C=O) groups is 1. The summed E-state index contributed by atoms with van der Waals surface area (Å²) in [5, 5.41) is 2.88. The van der Waals surface area contributed by atoms with E-state index in [4.69, 9.17) is 4.98 Å². The van der Waals surface area contributed by atoms with E-state index in [9.17, 15) is 4.79 Å². The molecule has 0 aliphatic carbocycles. The summed E-state index contributed by atoms with van der Waals surface area (Å²) < 4.78 is 0. The van der Waals surface area contributed by atoms with Crippen LogP contribution in [0, 0.1) is 0 Å². The molecule has 1 atom stereocenters. The van der Waals surface area contributed by atoms with Crippen LogP contribution in [-0.4, -0.2) is 45.1 Å². The molecule has 8 nitrogen and oxygen atoms in total. The Morgan fingerprint density at radius 1 is 1.14 bits per heavy atom. The maximum atomic E-state index is 13.2. The van der Waals surface area contributed by atoms with E-state index in [1.807, 2.05) is 18.2 Å². The normalized spacial score (nSPS) is 17.8. The molecule has 5 rings (SSSR count). The zero-order valence-corrected chi connectivity index (χ0v) is 15.2. The molecule has 140 valence electrons. The molecule has 2 bridgehead atoms. The molecule has 3 aromatic rings. The van der Waals surface area contributed by atoms with Gasteiger partial charge in [-0.1, -0.05) is 0 Å². The molecule has 5 heterocycles. The van der Waals surface area contributed by atoms with Gasteiger partial charge in [-0.3, -0.25) is 15.2 Å². The highest BCUT2D eigenvalue weighted by atomic mass is 16.2. The van der Waals surface area contributed by atoms with Crippen LogP contribution in [0.4, 0.5) is 22.1 Å². The summed E-state index contributed by atoms with van der Waals surface area (Å²) in [5.74, 6) is 1.16. The van der Waals surface area contributed by atoms with Crippen LogP contribution < -0.4 is 15.1 Å². The maximum absolute atomic E-state index is 13.2. The first-order valence-electron chi connectivity index (χ1n) is 9.32. The standard InChI is InChI=1S/C20H19N7O/c28-20(25-18-7-9-22-13-23-18)27-15-4-2-10-26(12-15)17-6-5-16(24-19(17)27)14-3-1-8-21-11-14/h1,3,5-9,11,13,15H,2,4,10,12H2,(H,22,23,25,28)/t15-/m0/s1. The summed E-state index contributed by atoms with van der Waals surface area (Å²) in [7, 11) is 0. The second-order valence-corrected chi connectivity index (χ2v) is 6.92. The smallest absolute Gasteiger partial charge is 0.329 e. The summed E-state index contributed by atoms with van der Waals surface area (Å²) in [6.07, 6.45) is 8.54. The van der Waals surface area contributed by atoms with Gasteiger partial charge in [0.25, 0.3) is 0 Å². The van der Waals surface area contributed by atoms with Gasteiger partial charge in [-0.15, -0.1) is 0 Å². The van der Waals surface area contributed by atoms with Gasteiger partial charge in [0.2, 0.25) is 0 Å². The molecule has 1 saturated heterocycles. The highest BCUT2D eigenvalue weighted by Gasteiger charge is 2.38. The molecule has 2 amide bonds. The van der Waals surface area contributed by atoms with E-state index in [-0.39, 0.29) is 12.1 Å². The Kier molecular flexibility index (Phi) is 4.08. The molecule has 1 fully saturated rings. The van der Waals surface area contributed by atoms with Crippen molar-refractivity contribution in [3.63, 3.8) is 0 Å². The van der Waals surface area contributed by atoms with E-state index in [0.29, 0.717) is 11.6 Å². The van der Waals surface area contributed by atoms with Crippen molar-refractivity contribution in [2.24, 2.45) is 0 Å². The third-order valence-corrected chi connectivity index (χ3v) is 5.18. The number of fused-ring (bicyclic) bond motifs is 4. The maximum Gasteiger partial charge on any atom is 0.329 e. The lowest BCUT2D eigenvalue weighted by molar-refractivity contribution is 0.252. The van der Waals surface area contributed by atoms with Crippen molar-refractivity contribution in [1.29, 1.82) is 0 Å². The fourth-order valence-electron chi connectivity index (χ4n) is 3.89. The Hall–Kier alpha value is -3.55. The number of aromatic nitrogens is 4. The second-order valence-electron chi connectivity index (χ2n) is 6.92. The SMILES string of the molecule is O=C(Nc1ccncn1)N1c2nc(-c3cccnc3)ccc2N2CCC[C@H]1C2. The van der Waals surface area contributed by atoms with Crippen LogP contribution in [0.5, 0.6) is 0 Å². The number of nitrogens with one attached hydrogen (secondary N) is 1. The molecule has 8 heteroatoms. The molecular formula is C20H19N7O. The Bertz CT molecular complexity index is 996. The van der Waals surface area contributed by atoms with E-state index >= 15 is 0 Å². The topological polar surface area (TPSA) is 87.1 Å². The minimum Gasteiger partial charge on any atom is -0.366 e. The van der Waals surface area contributed by atoms with Crippen molar-refractivity contribution < 1.29 is 4.79 Å². The molecule has 28 heavy (non-hydrogen) atoms. The Morgan fingerprint density at radius 2 is 2.11 bits per heavy atom. The predicted molar refractivity (Wildman–Crippen MR) is 106 cm³/mol. The first-order chi connectivity index (χ1) is 13.8. The average Bonchev–Trinajstić information content (AvgIpc) is 2.75. The van der Waals surface area contributed by atoms with E-state index in [1.54, 1.807) is 29.6 Å². The van der Waals surface area contributed by atoms with Crippen LogP contribution in [0.15, 0.2) is 55.2 Å². The largest absolute Gasteiger partial charge is 0.366 e. The van der Waals surface area contributed by atoms with E-state index in [1.165, 1.54) is 6.33 Å². The van der Waals surface area contributed by atoms with Gasteiger partial charge in [-0.25, -0.2) is 19.7 Å². The van der Waals surface area contributed by atoms with Gasteiger partial charge in [0.15, 0.2) is 5.82 Å². The first kappa shape index (κ1) is 16.6. The molecule has 2 aliphatic rings. The first-order valence-corrected chi connectivity index (χ1v) is 9.32. The van der Waals surface area contributed by atoms with Crippen LogP contribution in [0.2, 0.25) is 0 Å². The number of hydrogen-bond acceptors (Lipinski definition) is 6. The number of pyridine rings is 2. The number of carbonyl (C=O) groups excluding carboxylic acids is 1. The summed E-state index contributed by atoms with van der Waals surface area (Å²) in [6, 6.07) is 9.44. The third-order valence-electron chi connectivity index (χ3n) is 5.18. The minimum absolute atomic E-state index is 0.0831. The van der Waals surface area contributed by atoms with E-state index < -0.39 is 0 Å². The number of nitrogens with zero attached hydrogens (tertiary/aromatic N) is 6. The molecule has 0 aromatic carbocycles. The van der Waals surface area contributed by atoms with Gasteiger partial charge in [0, 0.05) is 37.2 Å². The number of anilines is 3. The van der Waals surface area contributed by atoms with Gasteiger partial charge in [0.1, 0.15) is 12.1 Å². The molecule has 0 saturated carbocycles. The Balaban J connectivity index is 1.55. The molecule has 2 aliphatic heterocycles. The van der Waals surface area contributed by atoms with E-state index in [0.717, 1.165) is 42.9 Å². The average molecular weight is 373 g/mol. The number of piperidine rings is 1. The lowest BCUT2D eigenvalue weighted by Crippen LogP contribution is -2.56. The molecular weight excluding hydrogens is 354 g/mol. The molecule has 0 spiro atoms. The zero-order valence-electron chi connectivity index (χ0n) is 15.2. The van der Waals surface area contributed by atoms with Crippen LogP contribution >= 0.6 is 0 Å². The summed E-state index contributed by atoms with van der Waals surface area (Å²) in [6.45, 7) is 1.80. The molecule has 1 N–H and O–H groups in total. The lowest BCUT2D eigenvalue weighted by atomic mass is 9.99. The van der Waals surface area contributed by atoms with Crippen molar-refractivity contribution in [1.82, 2.24) is 19.9 Å². The van der Waals surface area contributed by atoms with Crippen molar-refractivity contribution in [3.8, 4) is 11.3 Å². The Labute approximate surface area is 162 Å². The third kappa shape index (κ3) is 2.92. The van der Waals surface area contributed by atoms with Crippen LogP contribution in [0.3, 0.4) is 0 Å². The number of rotatable bonds is 2. The fourth-order valence-corrected chi connectivity index (χ4v) is 3.89. The van der Waals surface area contributed by atoms with Crippen molar-refractivity contribution in [3.05, 3.63) is 55.2 Å². The minimum atomic E-state index is -0.220. The van der Waals surface area contributed by atoms with Crippen LogP contribution in [-0.2, 0) is 0 Å².